The molecule has 3 N–H and O–H groups in total. The average Bonchev–Trinajstić information content (AvgIpc) is 2.27. The molecular formula is C13H13FN2O. The number of aromatic amines is 1. The average molecular weight is 232 g/mol. The smallest absolute Gasteiger partial charge is 0.249 e. The largest absolute Gasteiger partial charge is 0.385 e. The Morgan fingerprint density at radius 3 is 2.65 bits per heavy atom. The molecule has 2 aromatic rings. The Kier molecular flexibility index (Phi) is 3.23. The van der Waals surface area contributed by atoms with E-state index in [-0.39, 0.29) is 11.4 Å². The summed E-state index contributed by atoms with van der Waals surface area (Å²) in [6.45, 7) is 0. The predicted octanol–water partition coefficient (Wildman–Crippen LogP) is 1.88. The molecule has 0 saturated carbocycles. The van der Waals surface area contributed by atoms with Crippen LogP contribution in [0.15, 0.2) is 41.2 Å². The third kappa shape index (κ3) is 2.93. The molecule has 0 radical (unpaired) electrons. The summed E-state index contributed by atoms with van der Waals surface area (Å²) in [5.74, 6) is 0.117. The lowest BCUT2D eigenvalue weighted by Crippen LogP contribution is -2.09. The summed E-state index contributed by atoms with van der Waals surface area (Å²) in [6.07, 6.45) is 1.14. The maximum atomic E-state index is 13.4. The summed E-state index contributed by atoms with van der Waals surface area (Å²) in [5.41, 5.74) is 6.76. The van der Waals surface area contributed by atoms with Crippen LogP contribution in [-0.2, 0) is 12.8 Å². The second-order valence-corrected chi connectivity index (χ2v) is 3.90. The molecule has 1 aromatic carbocycles. The highest BCUT2D eigenvalue weighted by Gasteiger charge is 2.02. The molecule has 0 unspecified atom stereocenters. The van der Waals surface area contributed by atoms with E-state index in [1.165, 1.54) is 12.1 Å². The van der Waals surface area contributed by atoms with Gasteiger partial charge in [-0.1, -0.05) is 18.2 Å². The number of rotatable bonds is 3. The van der Waals surface area contributed by atoms with E-state index in [0.29, 0.717) is 24.2 Å². The van der Waals surface area contributed by atoms with Gasteiger partial charge in [0, 0.05) is 6.07 Å². The number of benzene rings is 1. The van der Waals surface area contributed by atoms with Crippen LogP contribution in [0, 0.1) is 5.82 Å². The molecule has 3 nitrogen and oxygen atoms in total. The van der Waals surface area contributed by atoms with Crippen LogP contribution in [-0.4, -0.2) is 4.98 Å². The summed E-state index contributed by atoms with van der Waals surface area (Å²) in [7, 11) is 0. The third-order valence-corrected chi connectivity index (χ3v) is 2.57. The van der Waals surface area contributed by atoms with Crippen molar-refractivity contribution in [1.82, 2.24) is 4.98 Å². The van der Waals surface area contributed by atoms with Gasteiger partial charge < -0.3 is 10.7 Å². The van der Waals surface area contributed by atoms with Crippen LogP contribution >= 0.6 is 0 Å². The molecule has 2 rings (SSSR count). The first kappa shape index (κ1) is 11.4. The molecule has 17 heavy (non-hydrogen) atoms. The van der Waals surface area contributed by atoms with Gasteiger partial charge in [0.15, 0.2) is 0 Å². The zero-order valence-corrected chi connectivity index (χ0v) is 9.24. The fourth-order valence-corrected chi connectivity index (χ4v) is 1.75. The molecule has 0 aliphatic carbocycles. The normalized spacial score (nSPS) is 10.4. The van der Waals surface area contributed by atoms with Crippen molar-refractivity contribution in [1.29, 1.82) is 0 Å². The van der Waals surface area contributed by atoms with E-state index in [1.54, 1.807) is 24.3 Å². The van der Waals surface area contributed by atoms with Crippen LogP contribution in [0.25, 0.3) is 0 Å². The van der Waals surface area contributed by atoms with Gasteiger partial charge in [-0.3, -0.25) is 4.79 Å². The minimum absolute atomic E-state index is 0.217. The molecule has 88 valence electrons. The van der Waals surface area contributed by atoms with Gasteiger partial charge in [-0.25, -0.2) is 4.39 Å². The molecule has 0 aliphatic rings. The van der Waals surface area contributed by atoms with Crippen LogP contribution in [0.4, 0.5) is 10.2 Å². The molecule has 0 fully saturated rings. The van der Waals surface area contributed by atoms with Crippen molar-refractivity contribution in [3.05, 3.63) is 63.7 Å². The summed E-state index contributed by atoms with van der Waals surface area (Å²) in [6, 6.07) is 9.81. The van der Waals surface area contributed by atoms with Gasteiger partial charge in [0.25, 0.3) is 0 Å². The Morgan fingerprint density at radius 2 is 1.94 bits per heavy atom. The number of anilines is 1. The topological polar surface area (TPSA) is 58.9 Å². The third-order valence-electron chi connectivity index (χ3n) is 2.57. The lowest BCUT2D eigenvalue weighted by atomic mass is 10.0. The second-order valence-electron chi connectivity index (χ2n) is 3.90. The first-order valence-corrected chi connectivity index (χ1v) is 5.37. The highest BCUT2D eigenvalue weighted by Crippen LogP contribution is 2.10. The molecule has 1 aromatic heterocycles. The van der Waals surface area contributed by atoms with Crippen molar-refractivity contribution in [2.45, 2.75) is 12.8 Å². The summed E-state index contributed by atoms with van der Waals surface area (Å²) < 4.78 is 13.4. The molecule has 0 aliphatic heterocycles. The zero-order chi connectivity index (χ0) is 12.3. The van der Waals surface area contributed by atoms with Crippen LogP contribution < -0.4 is 11.3 Å². The molecule has 0 saturated heterocycles. The number of H-pyrrole nitrogens is 1. The Morgan fingerprint density at radius 1 is 1.18 bits per heavy atom. The van der Waals surface area contributed by atoms with Crippen LogP contribution in [0.3, 0.4) is 0 Å². The zero-order valence-electron chi connectivity index (χ0n) is 9.24. The van der Waals surface area contributed by atoms with Crippen molar-refractivity contribution in [2.75, 3.05) is 5.73 Å². The molecule has 0 bridgehead atoms. The molecule has 0 amide bonds. The van der Waals surface area contributed by atoms with Gasteiger partial charge in [-0.15, -0.1) is 0 Å². The maximum Gasteiger partial charge on any atom is 0.249 e. The van der Waals surface area contributed by atoms with Gasteiger partial charge in [0.05, 0.1) is 0 Å². The fraction of sp³-hybridized carbons (Fsp3) is 0.154. The van der Waals surface area contributed by atoms with Crippen LogP contribution in [0.5, 0.6) is 0 Å². The summed E-state index contributed by atoms with van der Waals surface area (Å²) >= 11 is 0. The Hall–Kier alpha value is -2.10. The number of hydrogen-bond donors (Lipinski definition) is 2. The number of nitrogen functional groups attached to an aromatic ring is 1. The number of nitrogens with one attached hydrogen (secondary N) is 1. The van der Waals surface area contributed by atoms with Crippen molar-refractivity contribution in [2.24, 2.45) is 0 Å². The van der Waals surface area contributed by atoms with Crippen molar-refractivity contribution in [3.8, 4) is 0 Å². The van der Waals surface area contributed by atoms with Gasteiger partial charge in [0.2, 0.25) is 5.56 Å². The van der Waals surface area contributed by atoms with Gasteiger partial charge in [0.1, 0.15) is 11.6 Å². The highest BCUT2D eigenvalue weighted by atomic mass is 19.1. The van der Waals surface area contributed by atoms with E-state index < -0.39 is 0 Å². The minimum atomic E-state index is -0.228. The Labute approximate surface area is 98.1 Å². The Balaban J connectivity index is 2.13. The van der Waals surface area contributed by atoms with Crippen molar-refractivity contribution >= 4 is 5.82 Å². The lowest BCUT2D eigenvalue weighted by molar-refractivity contribution is 0.608. The number of hydrogen-bond acceptors (Lipinski definition) is 2. The molecule has 4 heteroatoms. The van der Waals surface area contributed by atoms with E-state index in [9.17, 15) is 9.18 Å². The van der Waals surface area contributed by atoms with E-state index in [0.717, 1.165) is 5.56 Å². The number of halogens is 1. The molecular weight excluding hydrogens is 219 g/mol. The summed E-state index contributed by atoms with van der Waals surface area (Å²) in [5, 5.41) is 0. The standard InChI is InChI=1S/C13H13FN2O/c14-11-4-2-1-3-10(11)6-5-9-7-12(15)16-13(17)8-9/h1-4,7-8H,5-6H2,(H3,15,16,17). The lowest BCUT2D eigenvalue weighted by Gasteiger charge is -2.03. The first-order chi connectivity index (χ1) is 8.15. The number of aromatic nitrogens is 1. The van der Waals surface area contributed by atoms with Gasteiger partial charge in [-0.05, 0) is 36.1 Å². The molecule has 1 heterocycles. The number of aryl methyl sites for hydroxylation is 2. The van der Waals surface area contributed by atoms with E-state index in [1.807, 2.05) is 0 Å². The predicted molar refractivity (Wildman–Crippen MR) is 65.3 cm³/mol. The van der Waals surface area contributed by atoms with Crippen molar-refractivity contribution in [3.63, 3.8) is 0 Å². The maximum absolute atomic E-state index is 13.4. The first-order valence-electron chi connectivity index (χ1n) is 5.37. The minimum Gasteiger partial charge on any atom is -0.385 e. The van der Waals surface area contributed by atoms with Crippen LogP contribution in [0.1, 0.15) is 11.1 Å². The van der Waals surface area contributed by atoms with Crippen molar-refractivity contribution < 1.29 is 4.39 Å². The van der Waals surface area contributed by atoms with Crippen LogP contribution in [0.2, 0.25) is 0 Å². The monoisotopic (exact) mass is 232 g/mol. The number of pyridine rings is 1. The van der Waals surface area contributed by atoms with E-state index >= 15 is 0 Å². The quantitative estimate of drug-likeness (QED) is 0.848. The second kappa shape index (κ2) is 4.82. The highest BCUT2D eigenvalue weighted by molar-refractivity contribution is 5.32. The fourth-order valence-electron chi connectivity index (χ4n) is 1.75. The Bertz CT molecular complexity index is 578. The van der Waals surface area contributed by atoms with Gasteiger partial charge >= 0.3 is 0 Å². The SMILES string of the molecule is Nc1cc(CCc2ccccc2F)cc(=O)[nH]1. The molecule has 0 atom stereocenters. The van der Waals surface area contributed by atoms with E-state index in [2.05, 4.69) is 4.98 Å². The van der Waals surface area contributed by atoms with Gasteiger partial charge in [-0.2, -0.15) is 0 Å². The van der Waals surface area contributed by atoms with E-state index in [4.69, 9.17) is 5.73 Å². The number of nitrogens with two attached hydrogens (primary N) is 1. The molecule has 0 spiro atoms. The summed E-state index contributed by atoms with van der Waals surface area (Å²) in [4.78, 5) is 13.6.